The van der Waals surface area contributed by atoms with Gasteiger partial charge in [0.05, 0.1) is 11.2 Å². The van der Waals surface area contributed by atoms with E-state index >= 15 is 0 Å². The van der Waals surface area contributed by atoms with Crippen LogP contribution in [0.5, 0.6) is 0 Å². The minimum atomic E-state index is 0.286. The molecule has 0 atom stereocenters. The summed E-state index contributed by atoms with van der Waals surface area (Å²) in [5.41, 5.74) is 5.17. The number of halogens is 1. The van der Waals surface area contributed by atoms with E-state index in [0.29, 0.717) is 0 Å². The lowest BCUT2D eigenvalue weighted by Gasteiger charge is -2.20. The van der Waals surface area contributed by atoms with Crippen LogP contribution in [0.15, 0.2) is 76.5 Å². The molecule has 2 heterocycles. The summed E-state index contributed by atoms with van der Waals surface area (Å²) in [7, 11) is 0. The van der Waals surface area contributed by atoms with Crippen molar-refractivity contribution in [3.8, 4) is 22.4 Å². The number of hydrogen-bond donors (Lipinski definition) is 0. The quantitative estimate of drug-likeness (QED) is 0.344. The Morgan fingerprint density at radius 1 is 0.708 bits per heavy atom. The van der Waals surface area contributed by atoms with E-state index in [4.69, 9.17) is 11.6 Å². The topological polar surface area (TPSA) is 25.8 Å². The number of rotatable bonds is 1. The number of benzene rings is 3. The summed E-state index contributed by atoms with van der Waals surface area (Å²) in [6.45, 7) is 0. The van der Waals surface area contributed by atoms with Crippen LogP contribution in [0.25, 0.3) is 33.3 Å². The van der Waals surface area contributed by atoms with E-state index in [1.165, 1.54) is 9.79 Å². The molecule has 1 aliphatic heterocycles. The molecule has 1 aromatic heterocycles. The van der Waals surface area contributed by atoms with Crippen molar-refractivity contribution in [1.29, 1.82) is 0 Å². The van der Waals surface area contributed by atoms with Gasteiger partial charge < -0.3 is 0 Å². The molecular weight excluding hydrogens is 336 g/mol. The van der Waals surface area contributed by atoms with Gasteiger partial charge in [0.1, 0.15) is 0 Å². The molecule has 5 rings (SSSR count). The van der Waals surface area contributed by atoms with Crippen LogP contribution >= 0.6 is 23.4 Å². The zero-order valence-electron chi connectivity index (χ0n) is 12.5. The van der Waals surface area contributed by atoms with Crippen molar-refractivity contribution in [2.24, 2.45) is 0 Å². The normalized spacial score (nSPS) is 12.2. The molecule has 3 aromatic carbocycles. The molecule has 24 heavy (non-hydrogen) atoms. The number of nitrogens with zero attached hydrogens (tertiary/aromatic N) is 2. The van der Waals surface area contributed by atoms with Crippen LogP contribution in [-0.2, 0) is 0 Å². The fourth-order valence-electron chi connectivity index (χ4n) is 3.18. The second-order valence-electron chi connectivity index (χ2n) is 5.64. The van der Waals surface area contributed by atoms with Crippen molar-refractivity contribution >= 4 is 34.3 Å². The first-order chi connectivity index (χ1) is 11.8. The maximum atomic E-state index is 6.28. The second kappa shape index (κ2) is 5.33. The van der Waals surface area contributed by atoms with Gasteiger partial charge in [0.15, 0.2) is 0 Å². The van der Waals surface area contributed by atoms with Gasteiger partial charge in [0.25, 0.3) is 0 Å². The van der Waals surface area contributed by atoms with Crippen molar-refractivity contribution in [1.82, 2.24) is 9.97 Å². The lowest BCUT2D eigenvalue weighted by molar-refractivity contribution is 1.19. The Balaban J connectivity index is 1.91. The van der Waals surface area contributed by atoms with E-state index in [2.05, 4.69) is 52.4 Å². The molecule has 1 aliphatic rings. The average Bonchev–Trinajstić information content (AvgIpc) is 2.62. The highest BCUT2D eigenvalue weighted by molar-refractivity contribution is 7.99. The Hall–Kier alpha value is -2.36. The van der Waals surface area contributed by atoms with Crippen molar-refractivity contribution in [3.63, 3.8) is 0 Å². The van der Waals surface area contributed by atoms with Gasteiger partial charge in [-0.05, 0) is 29.3 Å². The number of hydrogen-bond acceptors (Lipinski definition) is 3. The van der Waals surface area contributed by atoms with E-state index in [1.54, 1.807) is 11.8 Å². The van der Waals surface area contributed by atoms with Gasteiger partial charge in [-0.2, -0.15) is 0 Å². The highest BCUT2D eigenvalue weighted by atomic mass is 35.5. The Kier molecular flexibility index (Phi) is 3.12. The molecule has 0 radical (unpaired) electrons. The summed E-state index contributed by atoms with van der Waals surface area (Å²) >= 11 is 8.04. The monoisotopic (exact) mass is 346 g/mol. The summed E-state index contributed by atoms with van der Waals surface area (Å²) in [5, 5.41) is 1.37. The Morgan fingerprint density at radius 2 is 1.50 bits per heavy atom. The van der Waals surface area contributed by atoms with Gasteiger partial charge in [-0.1, -0.05) is 66.4 Å². The van der Waals surface area contributed by atoms with Crippen LogP contribution in [-0.4, -0.2) is 9.97 Å². The van der Waals surface area contributed by atoms with E-state index < -0.39 is 0 Å². The van der Waals surface area contributed by atoms with E-state index in [-0.39, 0.29) is 5.28 Å². The van der Waals surface area contributed by atoms with Crippen LogP contribution in [0.3, 0.4) is 0 Å². The van der Waals surface area contributed by atoms with Crippen LogP contribution < -0.4 is 0 Å². The van der Waals surface area contributed by atoms with E-state index in [1.807, 2.05) is 24.3 Å². The summed E-state index contributed by atoms with van der Waals surface area (Å²) in [6, 6.07) is 22.9. The molecule has 0 N–H and O–H groups in total. The summed E-state index contributed by atoms with van der Waals surface area (Å²) in [5.74, 6) is 0. The fourth-order valence-corrected chi connectivity index (χ4v) is 4.44. The first-order valence-corrected chi connectivity index (χ1v) is 8.83. The molecule has 114 valence electrons. The van der Waals surface area contributed by atoms with Crippen molar-refractivity contribution < 1.29 is 0 Å². The number of aromatic nitrogens is 2. The molecule has 0 amide bonds. The maximum absolute atomic E-state index is 6.28. The van der Waals surface area contributed by atoms with Gasteiger partial charge in [-0.25, -0.2) is 9.97 Å². The average molecular weight is 347 g/mol. The summed E-state index contributed by atoms with van der Waals surface area (Å²) in [4.78, 5) is 11.5. The third-order valence-corrected chi connectivity index (χ3v) is 5.54. The predicted octanol–water partition coefficient (Wildman–Crippen LogP) is 6.08. The number of fused-ring (bicyclic) bond motifs is 2. The molecule has 0 spiro atoms. The lowest BCUT2D eigenvalue weighted by atomic mass is 9.99. The van der Waals surface area contributed by atoms with Gasteiger partial charge in [-0.15, -0.1) is 0 Å². The molecule has 0 fully saturated rings. The van der Waals surface area contributed by atoms with E-state index in [0.717, 1.165) is 33.3 Å². The Bertz CT molecular complexity index is 1090. The molecular formula is C20H11ClN2S. The third-order valence-electron chi connectivity index (χ3n) is 4.23. The minimum Gasteiger partial charge on any atom is -0.217 e. The molecule has 4 aromatic rings. The highest BCUT2D eigenvalue weighted by Crippen LogP contribution is 2.48. The first-order valence-electron chi connectivity index (χ1n) is 7.64. The smallest absolute Gasteiger partial charge is 0.217 e. The van der Waals surface area contributed by atoms with Crippen LogP contribution in [0.4, 0.5) is 0 Å². The van der Waals surface area contributed by atoms with Gasteiger partial charge in [0.2, 0.25) is 5.28 Å². The maximum Gasteiger partial charge on any atom is 0.223 e. The van der Waals surface area contributed by atoms with Gasteiger partial charge in [-0.3, -0.25) is 0 Å². The predicted molar refractivity (Wildman–Crippen MR) is 99.5 cm³/mol. The Labute approximate surface area is 148 Å². The second-order valence-corrected chi connectivity index (χ2v) is 7.06. The molecule has 0 bridgehead atoms. The van der Waals surface area contributed by atoms with Crippen molar-refractivity contribution in [2.75, 3.05) is 0 Å². The van der Waals surface area contributed by atoms with Crippen LogP contribution in [0.2, 0.25) is 5.28 Å². The Morgan fingerprint density at radius 3 is 2.38 bits per heavy atom. The minimum absolute atomic E-state index is 0.286. The molecule has 4 heteroatoms. The zero-order chi connectivity index (χ0) is 16.1. The highest BCUT2D eigenvalue weighted by Gasteiger charge is 2.23. The molecule has 2 nitrogen and oxygen atoms in total. The summed E-state index contributed by atoms with van der Waals surface area (Å²) < 4.78 is 0. The largest absolute Gasteiger partial charge is 0.223 e. The van der Waals surface area contributed by atoms with Crippen LogP contribution in [0, 0.1) is 0 Å². The molecule has 0 saturated carbocycles. The molecule has 0 unspecified atom stereocenters. The third kappa shape index (κ3) is 2.05. The molecule has 0 saturated heterocycles. The van der Waals surface area contributed by atoms with Gasteiger partial charge >= 0.3 is 0 Å². The van der Waals surface area contributed by atoms with Crippen molar-refractivity contribution in [3.05, 3.63) is 72.0 Å². The SMILES string of the molecule is Clc1nc2c3c(ccc(-c4ccccc4)c3n1)Sc1ccccc1-2. The fraction of sp³-hybridized carbons (Fsp3) is 0. The van der Waals surface area contributed by atoms with Crippen LogP contribution in [0.1, 0.15) is 0 Å². The van der Waals surface area contributed by atoms with Crippen molar-refractivity contribution in [2.45, 2.75) is 9.79 Å². The zero-order valence-corrected chi connectivity index (χ0v) is 14.1. The van der Waals surface area contributed by atoms with E-state index in [9.17, 15) is 0 Å². The summed E-state index contributed by atoms with van der Waals surface area (Å²) in [6.07, 6.45) is 0. The lowest BCUT2D eigenvalue weighted by Crippen LogP contribution is -1.99. The first kappa shape index (κ1) is 14.0. The van der Waals surface area contributed by atoms with Gasteiger partial charge in [0, 0.05) is 26.3 Å². The molecule has 0 aliphatic carbocycles. The standard InChI is InChI=1S/C20H11ClN2S/c21-20-22-18-13(12-6-2-1-3-7-12)10-11-16-17(18)19(23-20)14-8-4-5-9-15(14)24-16/h1-11H.